The Kier molecular flexibility index (Phi) is 10.5. The summed E-state index contributed by atoms with van der Waals surface area (Å²) >= 11 is 6.34. The van der Waals surface area contributed by atoms with Crippen molar-refractivity contribution in [1.29, 1.82) is 0 Å². The van der Waals surface area contributed by atoms with Gasteiger partial charge >= 0.3 is 0 Å². The number of sulfonamides is 1. The van der Waals surface area contributed by atoms with E-state index in [4.69, 9.17) is 11.6 Å². The van der Waals surface area contributed by atoms with Crippen molar-refractivity contribution in [2.24, 2.45) is 0 Å². The second-order valence-electron chi connectivity index (χ2n) is 11.1. The summed E-state index contributed by atoms with van der Waals surface area (Å²) in [4.78, 5) is 29.7. The lowest BCUT2D eigenvalue weighted by atomic mass is 10.0. The van der Waals surface area contributed by atoms with Crippen LogP contribution in [0.1, 0.15) is 41.5 Å². The van der Waals surface area contributed by atoms with Gasteiger partial charge in [0.05, 0.1) is 4.90 Å². The van der Waals surface area contributed by atoms with E-state index < -0.39 is 16.1 Å². The van der Waals surface area contributed by atoms with Crippen LogP contribution in [0.25, 0.3) is 0 Å². The number of amides is 2. The predicted octanol–water partition coefficient (Wildman–Crippen LogP) is 5.67. The van der Waals surface area contributed by atoms with Crippen LogP contribution in [0.2, 0.25) is 5.02 Å². The number of halogens is 1. The maximum Gasteiger partial charge on any atom is 0.243 e. The quantitative estimate of drug-likeness (QED) is 0.188. The summed E-state index contributed by atoms with van der Waals surface area (Å²) in [6.45, 7) is 0.503. The molecule has 0 bridgehead atoms. The normalized spacial score (nSPS) is 13.7. The minimum atomic E-state index is -3.55. The van der Waals surface area contributed by atoms with Gasteiger partial charge in [-0.2, -0.15) is 0 Å². The lowest BCUT2D eigenvalue weighted by Crippen LogP contribution is -2.50. The van der Waals surface area contributed by atoms with E-state index in [-0.39, 0.29) is 42.3 Å². The van der Waals surface area contributed by atoms with Crippen molar-refractivity contribution in [3.8, 4) is 0 Å². The summed E-state index contributed by atoms with van der Waals surface area (Å²) in [7, 11) is -3.55. The molecule has 228 valence electrons. The molecule has 1 atom stereocenters. The molecule has 0 radical (unpaired) electrons. The Bertz CT molecular complexity index is 1660. The van der Waals surface area contributed by atoms with Crippen LogP contribution in [0.3, 0.4) is 0 Å². The summed E-state index contributed by atoms with van der Waals surface area (Å²) in [5, 5.41) is 3.57. The van der Waals surface area contributed by atoms with Crippen molar-refractivity contribution >= 4 is 33.4 Å². The Morgan fingerprint density at radius 2 is 1.41 bits per heavy atom. The van der Waals surface area contributed by atoms with E-state index in [1.54, 1.807) is 35.2 Å². The van der Waals surface area contributed by atoms with Crippen molar-refractivity contribution in [3.05, 3.63) is 136 Å². The van der Waals surface area contributed by atoms with Crippen LogP contribution >= 0.6 is 11.6 Å². The summed E-state index contributed by atoms with van der Waals surface area (Å²) in [6.07, 6.45) is 2.63. The molecule has 0 saturated heterocycles. The molecule has 5 rings (SSSR count). The van der Waals surface area contributed by atoms with Crippen LogP contribution in [0.4, 0.5) is 0 Å². The van der Waals surface area contributed by atoms with Gasteiger partial charge in [0.1, 0.15) is 6.04 Å². The number of nitrogens with zero attached hydrogens (tertiary/aromatic N) is 1. The highest BCUT2D eigenvalue weighted by Crippen LogP contribution is 2.23. The van der Waals surface area contributed by atoms with Gasteiger partial charge in [-0.15, -0.1) is 0 Å². The van der Waals surface area contributed by atoms with E-state index in [0.717, 1.165) is 35.1 Å². The van der Waals surface area contributed by atoms with Gasteiger partial charge < -0.3 is 10.2 Å². The third-order valence-electron chi connectivity index (χ3n) is 7.64. The first kappa shape index (κ1) is 31.4. The Labute approximate surface area is 264 Å². The third-order valence-corrected chi connectivity index (χ3v) is 9.54. The summed E-state index contributed by atoms with van der Waals surface area (Å²) < 4.78 is 27.8. The first-order chi connectivity index (χ1) is 21.3. The van der Waals surface area contributed by atoms with Gasteiger partial charge in [0.15, 0.2) is 0 Å². The topological polar surface area (TPSA) is 95.6 Å². The monoisotopic (exact) mass is 629 g/mol. The van der Waals surface area contributed by atoms with Gasteiger partial charge in [0.2, 0.25) is 21.8 Å². The molecule has 2 amide bonds. The van der Waals surface area contributed by atoms with Crippen molar-refractivity contribution < 1.29 is 18.0 Å². The van der Waals surface area contributed by atoms with Crippen molar-refractivity contribution in [2.45, 2.75) is 62.2 Å². The molecular weight excluding hydrogens is 594 g/mol. The zero-order chi connectivity index (χ0) is 30.9. The van der Waals surface area contributed by atoms with Crippen LogP contribution in [0.5, 0.6) is 0 Å². The summed E-state index contributed by atoms with van der Waals surface area (Å²) in [5.41, 5.74) is 3.48. The molecule has 4 aromatic carbocycles. The number of carbonyl (C=O) groups excluding carboxylic acids is 2. The van der Waals surface area contributed by atoms with Gasteiger partial charge in [-0.3, -0.25) is 9.59 Å². The Balaban J connectivity index is 1.35. The lowest BCUT2D eigenvalue weighted by molar-refractivity contribution is -0.141. The van der Waals surface area contributed by atoms with Crippen LogP contribution < -0.4 is 10.0 Å². The van der Waals surface area contributed by atoms with E-state index in [1.165, 1.54) is 0 Å². The van der Waals surface area contributed by atoms with Gasteiger partial charge in [-0.05, 0) is 59.7 Å². The summed E-state index contributed by atoms with van der Waals surface area (Å²) in [5.74, 6) is -0.439. The molecular formula is C35H36ClN3O4S. The van der Waals surface area contributed by atoms with Gasteiger partial charge in [0.25, 0.3) is 0 Å². The standard InChI is InChI=1S/C35H36ClN3O4S/c36-32-14-8-7-13-29(32)24-37-35(41)33(23-27-9-3-1-4-10-27)39(25-28-11-5-2-6-12-28)34(40)22-17-26-15-20-31(21-16-26)44(42,43)38-30-18-19-30/h1-16,20-21,30,33,38H,17-19,22-25H2,(H,37,41). The van der Waals surface area contributed by atoms with Gasteiger partial charge in [-0.25, -0.2) is 13.1 Å². The number of aryl methyl sites for hydroxylation is 1. The first-order valence-electron chi connectivity index (χ1n) is 14.8. The molecule has 1 unspecified atom stereocenters. The van der Waals surface area contributed by atoms with Crippen molar-refractivity contribution in [1.82, 2.24) is 14.9 Å². The fraction of sp³-hybridized carbons (Fsp3) is 0.257. The lowest BCUT2D eigenvalue weighted by Gasteiger charge is -2.32. The number of nitrogens with one attached hydrogen (secondary N) is 2. The zero-order valence-corrected chi connectivity index (χ0v) is 25.9. The average Bonchev–Trinajstić information content (AvgIpc) is 3.85. The number of hydrogen-bond acceptors (Lipinski definition) is 4. The SMILES string of the molecule is O=C(NCc1ccccc1Cl)C(Cc1ccccc1)N(Cc1ccccc1)C(=O)CCc1ccc(S(=O)(=O)NC2CC2)cc1. The second-order valence-corrected chi connectivity index (χ2v) is 13.2. The molecule has 4 aromatic rings. The highest BCUT2D eigenvalue weighted by Gasteiger charge is 2.31. The maximum absolute atomic E-state index is 14.0. The number of rotatable bonds is 14. The highest BCUT2D eigenvalue weighted by molar-refractivity contribution is 7.89. The average molecular weight is 630 g/mol. The molecule has 1 saturated carbocycles. The van der Waals surface area contributed by atoms with E-state index in [0.29, 0.717) is 17.9 Å². The molecule has 0 aliphatic heterocycles. The molecule has 1 fully saturated rings. The Hall–Kier alpha value is -3.98. The second kappa shape index (κ2) is 14.7. The molecule has 0 spiro atoms. The van der Waals surface area contributed by atoms with E-state index in [2.05, 4.69) is 10.0 Å². The predicted molar refractivity (Wildman–Crippen MR) is 172 cm³/mol. The number of hydrogen-bond donors (Lipinski definition) is 2. The zero-order valence-electron chi connectivity index (χ0n) is 24.4. The molecule has 1 aliphatic rings. The molecule has 0 aromatic heterocycles. The number of carbonyl (C=O) groups is 2. The molecule has 2 N–H and O–H groups in total. The molecule has 0 heterocycles. The largest absolute Gasteiger partial charge is 0.350 e. The molecule has 9 heteroatoms. The van der Waals surface area contributed by atoms with Crippen LogP contribution in [-0.4, -0.2) is 37.2 Å². The minimum Gasteiger partial charge on any atom is -0.350 e. The van der Waals surface area contributed by atoms with Gasteiger partial charge in [0, 0.05) is 37.0 Å². The Morgan fingerprint density at radius 3 is 2.05 bits per heavy atom. The van der Waals surface area contributed by atoms with E-state index >= 15 is 0 Å². The maximum atomic E-state index is 14.0. The Morgan fingerprint density at radius 1 is 0.795 bits per heavy atom. The van der Waals surface area contributed by atoms with Crippen LogP contribution in [0.15, 0.2) is 114 Å². The van der Waals surface area contributed by atoms with Gasteiger partial charge in [-0.1, -0.05) is 103 Å². The molecule has 1 aliphatic carbocycles. The van der Waals surface area contributed by atoms with Crippen LogP contribution in [0, 0.1) is 0 Å². The smallest absolute Gasteiger partial charge is 0.243 e. The van der Waals surface area contributed by atoms with Crippen molar-refractivity contribution in [2.75, 3.05) is 0 Å². The van der Waals surface area contributed by atoms with Crippen LogP contribution in [-0.2, 0) is 45.5 Å². The van der Waals surface area contributed by atoms with E-state index in [9.17, 15) is 18.0 Å². The molecule has 44 heavy (non-hydrogen) atoms. The third kappa shape index (κ3) is 8.78. The fourth-order valence-electron chi connectivity index (χ4n) is 4.99. The van der Waals surface area contributed by atoms with E-state index in [1.807, 2.05) is 78.9 Å². The summed E-state index contributed by atoms with van der Waals surface area (Å²) in [6, 6.07) is 32.5. The van der Waals surface area contributed by atoms with Crippen molar-refractivity contribution in [3.63, 3.8) is 0 Å². The molecule has 7 nitrogen and oxygen atoms in total. The highest BCUT2D eigenvalue weighted by atomic mass is 35.5. The first-order valence-corrected chi connectivity index (χ1v) is 16.6. The number of benzene rings is 4. The minimum absolute atomic E-state index is 0.0265. The fourth-order valence-corrected chi connectivity index (χ4v) is 6.50.